The third-order valence-electron chi connectivity index (χ3n) is 4.09. The highest BCUT2D eigenvalue weighted by Crippen LogP contribution is 2.35. The highest BCUT2D eigenvalue weighted by atomic mass is 16.5. The molecule has 20 heavy (non-hydrogen) atoms. The van der Waals surface area contributed by atoms with Gasteiger partial charge in [0.15, 0.2) is 5.76 Å². The molecular weight excluding hydrogens is 258 g/mol. The van der Waals surface area contributed by atoms with Crippen LogP contribution in [-0.2, 0) is 25.9 Å². The van der Waals surface area contributed by atoms with E-state index in [0.29, 0.717) is 13.1 Å². The maximum atomic E-state index is 11.4. The molecule has 2 amide bonds. The quantitative estimate of drug-likeness (QED) is 0.772. The minimum Gasteiger partial charge on any atom is -0.354 e. The van der Waals surface area contributed by atoms with Gasteiger partial charge in [-0.25, -0.2) is 4.79 Å². The normalized spacial score (nSPS) is 17.1. The van der Waals surface area contributed by atoms with Crippen LogP contribution in [0, 0.1) is 0 Å². The molecule has 0 bridgehead atoms. The Hall–Kier alpha value is -2.31. The third-order valence-corrected chi connectivity index (χ3v) is 4.09. The fourth-order valence-electron chi connectivity index (χ4n) is 3.08. The Morgan fingerprint density at radius 3 is 3.10 bits per heavy atom. The molecule has 0 aliphatic carbocycles. The van der Waals surface area contributed by atoms with Crippen molar-refractivity contribution in [3.05, 3.63) is 23.0 Å². The molecule has 0 radical (unpaired) electrons. The minimum atomic E-state index is -0.387. The van der Waals surface area contributed by atoms with Gasteiger partial charge in [-0.3, -0.25) is 4.68 Å². The molecule has 0 saturated carbocycles. The Bertz CT molecular complexity index is 687. The van der Waals surface area contributed by atoms with Crippen molar-refractivity contribution in [1.82, 2.24) is 19.8 Å². The highest BCUT2D eigenvalue weighted by Gasteiger charge is 2.30. The van der Waals surface area contributed by atoms with Crippen LogP contribution in [-0.4, -0.2) is 32.4 Å². The number of nitrogens with zero attached hydrogens (tertiary/aromatic N) is 4. The lowest BCUT2D eigenvalue weighted by molar-refractivity contribution is 0.202. The Balaban J connectivity index is 1.87. The second-order valence-corrected chi connectivity index (χ2v) is 5.29. The van der Waals surface area contributed by atoms with Crippen LogP contribution < -0.4 is 5.73 Å². The Kier molecular flexibility index (Phi) is 2.35. The van der Waals surface area contributed by atoms with Gasteiger partial charge in [-0.2, -0.15) is 5.10 Å². The van der Waals surface area contributed by atoms with Gasteiger partial charge in [0.1, 0.15) is 5.69 Å². The van der Waals surface area contributed by atoms with Crippen molar-refractivity contribution in [2.45, 2.75) is 32.4 Å². The van der Waals surface area contributed by atoms with E-state index in [0.717, 1.165) is 54.1 Å². The van der Waals surface area contributed by atoms with E-state index in [1.807, 2.05) is 4.68 Å². The van der Waals surface area contributed by atoms with E-state index in [-0.39, 0.29) is 6.03 Å². The largest absolute Gasteiger partial charge is 0.354 e. The van der Waals surface area contributed by atoms with Crippen LogP contribution in [0.4, 0.5) is 4.79 Å². The van der Waals surface area contributed by atoms with Gasteiger partial charge in [0, 0.05) is 30.6 Å². The van der Waals surface area contributed by atoms with Gasteiger partial charge in [-0.15, -0.1) is 0 Å². The summed E-state index contributed by atoms with van der Waals surface area (Å²) in [7, 11) is 0. The number of rotatable bonds is 0. The summed E-state index contributed by atoms with van der Waals surface area (Å²) < 4.78 is 7.43. The third kappa shape index (κ3) is 1.55. The zero-order valence-electron chi connectivity index (χ0n) is 11.0. The van der Waals surface area contributed by atoms with Gasteiger partial charge in [0.2, 0.25) is 0 Å². The standard InChI is InChI=1S/C13H15N5O2/c14-13(19)17-5-3-10-9(7-17)11-12-8(6-15-20-12)2-1-4-18(11)16-10/h6H,1-5,7H2,(H2,14,19). The first-order valence-corrected chi connectivity index (χ1v) is 6.81. The molecule has 7 nitrogen and oxygen atoms in total. The SMILES string of the molecule is NC(=O)N1CCc2nn3c(c2C1)-c1oncc1CCC3. The van der Waals surface area contributed by atoms with E-state index in [1.165, 1.54) is 0 Å². The maximum absolute atomic E-state index is 11.4. The summed E-state index contributed by atoms with van der Waals surface area (Å²) in [6, 6.07) is -0.387. The lowest BCUT2D eigenvalue weighted by atomic mass is 10.0. The summed E-state index contributed by atoms with van der Waals surface area (Å²) in [6.45, 7) is 1.99. The molecule has 0 fully saturated rings. The number of nitrogens with two attached hydrogens (primary N) is 1. The number of hydrogen-bond donors (Lipinski definition) is 1. The summed E-state index contributed by atoms with van der Waals surface area (Å²) >= 11 is 0. The Morgan fingerprint density at radius 1 is 1.35 bits per heavy atom. The monoisotopic (exact) mass is 273 g/mol. The van der Waals surface area contributed by atoms with Crippen molar-refractivity contribution in [1.29, 1.82) is 0 Å². The molecule has 4 rings (SSSR count). The molecule has 4 heterocycles. The first-order chi connectivity index (χ1) is 9.74. The molecule has 2 aliphatic rings. The summed E-state index contributed by atoms with van der Waals surface area (Å²) in [5.41, 5.74) is 9.57. The van der Waals surface area contributed by atoms with Crippen molar-refractivity contribution in [2.75, 3.05) is 6.54 Å². The fourth-order valence-corrected chi connectivity index (χ4v) is 3.08. The predicted octanol–water partition coefficient (Wildman–Crippen LogP) is 0.921. The zero-order chi connectivity index (χ0) is 13.7. The molecule has 0 spiro atoms. The lowest BCUT2D eigenvalue weighted by Gasteiger charge is -2.24. The van der Waals surface area contributed by atoms with E-state index >= 15 is 0 Å². The van der Waals surface area contributed by atoms with Crippen molar-refractivity contribution in [3.63, 3.8) is 0 Å². The molecule has 2 aromatic rings. The van der Waals surface area contributed by atoms with Gasteiger partial charge in [-0.1, -0.05) is 5.16 Å². The summed E-state index contributed by atoms with van der Waals surface area (Å²) in [5, 5.41) is 8.58. The van der Waals surface area contributed by atoms with E-state index < -0.39 is 0 Å². The topological polar surface area (TPSA) is 90.2 Å². The molecule has 0 atom stereocenters. The Morgan fingerprint density at radius 2 is 2.25 bits per heavy atom. The number of aryl methyl sites for hydroxylation is 2. The first kappa shape index (κ1) is 11.5. The molecular formula is C13H15N5O2. The molecule has 0 aromatic carbocycles. The molecule has 104 valence electrons. The molecule has 0 unspecified atom stereocenters. The van der Waals surface area contributed by atoms with Gasteiger partial charge in [-0.05, 0) is 12.8 Å². The van der Waals surface area contributed by atoms with Crippen molar-refractivity contribution in [2.24, 2.45) is 5.73 Å². The van der Waals surface area contributed by atoms with Gasteiger partial charge < -0.3 is 15.2 Å². The molecule has 2 aliphatic heterocycles. The summed E-state index contributed by atoms with van der Waals surface area (Å²) in [4.78, 5) is 13.0. The van der Waals surface area contributed by atoms with Crippen LogP contribution in [0.2, 0.25) is 0 Å². The van der Waals surface area contributed by atoms with Crippen LogP contribution in [0.1, 0.15) is 23.2 Å². The molecule has 2 aromatic heterocycles. The number of hydrogen-bond acceptors (Lipinski definition) is 4. The van der Waals surface area contributed by atoms with Crippen LogP contribution in [0.25, 0.3) is 11.5 Å². The van der Waals surface area contributed by atoms with Crippen LogP contribution in [0.3, 0.4) is 0 Å². The van der Waals surface area contributed by atoms with Gasteiger partial charge >= 0.3 is 6.03 Å². The van der Waals surface area contributed by atoms with Crippen molar-refractivity contribution < 1.29 is 9.32 Å². The highest BCUT2D eigenvalue weighted by molar-refractivity contribution is 5.73. The molecule has 2 N–H and O–H groups in total. The molecule has 7 heteroatoms. The van der Waals surface area contributed by atoms with E-state index in [1.54, 1.807) is 11.1 Å². The lowest BCUT2D eigenvalue weighted by Crippen LogP contribution is -2.39. The Labute approximate surface area is 115 Å². The number of urea groups is 1. The predicted molar refractivity (Wildman–Crippen MR) is 69.7 cm³/mol. The average Bonchev–Trinajstić information content (AvgIpc) is 2.98. The number of aromatic nitrogens is 3. The number of fused-ring (bicyclic) bond motifs is 5. The fraction of sp³-hybridized carbons (Fsp3) is 0.462. The average molecular weight is 273 g/mol. The maximum Gasteiger partial charge on any atom is 0.315 e. The minimum absolute atomic E-state index is 0.387. The van der Waals surface area contributed by atoms with Crippen LogP contribution in [0.5, 0.6) is 0 Å². The van der Waals surface area contributed by atoms with E-state index in [4.69, 9.17) is 10.3 Å². The smallest absolute Gasteiger partial charge is 0.315 e. The zero-order valence-corrected chi connectivity index (χ0v) is 11.0. The second kappa shape index (κ2) is 4.09. The number of amides is 2. The van der Waals surface area contributed by atoms with Crippen LogP contribution in [0.15, 0.2) is 10.7 Å². The van der Waals surface area contributed by atoms with E-state index in [9.17, 15) is 4.79 Å². The second-order valence-electron chi connectivity index (χ2n) is 5.29. The van der Waals surface area contributed by atoms with Crippen molar-refractivity contribution >= 4 is 6.03 Å². The van der Waals surface area contributed by atoms with Crippen molar-refractivity contribution in [3.8, 4) is 11.5 Å². The van der Waals surface area contributed by atoms with Gasteiger partial charge in [0.05, 0.1) is 18.4 Å². The molecule has 0 saturated heterocycles. The summed E-state index contributed by atoms with van der Waals surface area (Å²) in [6.07, 6.45) is 4.47. The number of primary amides is 1. The first-order valence-electron chi connectivity index (χ1n) is 6.81. The summed E-state index contributed by atoms with van der Waals surface area (Å²) in [5.74, 6) is 0.794. The van der Waals surface area contributed by atoms with Crippen LogP contribution >= 0.6 is 0 Å². The number of carbonyl (C=O) groups excluding carboxylic acids is 1. The van der Waals surface area contributed by atoms with E-state index in [2.05, 4.69) is 10.3 Å². The number of carbonyl (C=O) groups is 1. The van der Waals surface area contributed by atoms with Gasteiger partial charge in [0.25, 0.3) is 0 Å².